The zero-order chi connectivity index (χ0) is 16.1. The van der Waals surface area contributed by atoms with Gasteiger partial charge in [-0.2, -0.15) is 0 Å². The molecular formula is C17H22N2O3. The van der Waals surface area contributed by atoms with Gasteiger partial charge in [-0.3, -0.25) is 9.59 Å². The van der Waals surface area contributed by atoms with Crippen LogP contribution in [-0.4, -0.2) is 29.6 Å². The van der Waals surface area contributed by atoms with E-state index in [0.717, 1.165) is 17.7 Å². The van der Waals surface area contributed by atoms with Gasteiger partial charge in [0.1, 0.15) is 6.04 Å². The highest BCUT2D eigenvalue weighted by Gasteiger charge is 2.53. The molecule has 0 bridgehead atoms. The molecule has 2 aliphatic rings. The molecule has 2 heterocycles. The Morgan fingerprint density at radius 2 is 2.14 bits per heavy atom. The van der Waals surface area contributed by atoms with Gasteiger partial charge in [-0.1, -0.05) is 32.9 Å². The van der Waals surface area contributed by atoms with Crippen LogP contribution in [0.4, 0.5) is 5.69 Å². The second-order valence-electron chi connectivity index (χ2n) is 7.63. The van der Waals surface area contributed by atoms with E-state index in [1.165, 1.54) is 5.56 Å². The highest BCUT2D eigenvalue weighted by atomic mass is 16.4. The summed E-state index contributed by atoms with van der Waals surface area (Å²) < 4.78 is 0. The molecule has 2 aliphatic heterocycles. The highest BCUT2D eigenvalue weighted by molar-refractivity contribution is 6.07. The van der Waals surface area contributed by atoms with Crippen molar-refractivity contribution >= 4 is 17.6 Å². The van der Waals surface area contributed by atoms with Gasteiger partial charge in [0, 0.05) is 12.2 Å². The van der Waals surface area contributed by atoms with Gasteiger partial charge < -0.3 is 15.7 Å². The number of nitrogens with one attached hydrogen (secondary N) is 2. The molecule has 3 rings (SSSR count). The molecule has 3 N–H and O–H groups in total. The van der Waals surface area contributed by atoms with Crippen LogP contribution in [0.15, 0.2) is 18.2 Å². The lowest BCUT2D eigenvalue weighted by Gasteiger charge is -2.22. The maximum absolute atomic E-state index is 12.5. The van der Waals surface area contributed by atoms with Gasteiger partial charge in [0.25, 0.3) is 0 Å². The summed E-state index contributed by atoms with van der Waals surface area (Å²) in [7, 11) is 0. The smallest absolute Gasteiger partial charge is 0.320 e. The van der Waals surface area contributed by atoms with Crippen LogP contribution in [0.3, 0.4) is 0 Å². The number of hydrogen-bond acceptors (Lipinski definition) is 3. The van der Waals surface area contributed by atoms with Crippen molar-refractivity contribution in [3.63, 3.8) is 0 Å². The van der Waals surface area contributed by atoms with Crippen molar-refractivity contribution in [3.05, 3.63) is 29.3 Å². The molecule has 0 saturated carbocycles. The summed E-state index contributed by atoms with van der Waals surface area (Å²) in [5, 5.41) is 15.1. The van der Waals surface area contributed by atoms with Crippen molar-refractivity contribution in [3.8, 4) is 0 Å². The second kappa shape index (κ2) is 4.81. The molecule has 2 atom stereocenters. The normalized spacial score (nSPS) is 27.0. The average Bonchev–Trinajstić information content (AvgIpc) is 2.94. The highest BCUT2D eigenvalue weighted by Crippen LogP contribution is 2.44. The number of benzene rings is 1. The number of carbonyl (C=O) groups is 2. The van der Waals surface area contributed by atoms with Gasteiger partial charge in [-0.05, 0) is 35.4 Å². The van der Waals surface area contributed by atoms with E-state index in [1.807, 2.05) is 12.1 Å². The van der Waals surface area contributed by atoms with Gasteiger partial charge in [-0.25, -0.2) is 0 Å². The van der Waals surface area contributed by atoms with Crippen LogP contribution in [0.5, 0.6) is 0 Å². The average molecular weight is 302 g/mol. The van der Waals surface area contributed by atoms with Crippen LogP contribution in [0.25, 0.3) is 0 Å². The van der Waals surface area contributed by atoms with E-state index >= 15 is 0 Å². The van der Waals surface area contributed by atoms with Gasteiger partial charge in [0.2, 0.25) is 5.91 Å². The maximum atomic E-state index is 12.5. The molecule has 0 aromatic heterocycles. The maximum Gasteiger partial charge on any atom is 0.320 e. The van der Waals surface area contributed by atoms with Gasteiger partial charge in [-0.15, -0.1) is 0 Å². The minimum Gasteiger partial charge on any atom is -0.480 e. The van der Waals surface area contributed by atoms with E-state index in [1.54, 1.807) is 0 Å². The fraction of sp³-hybridized carbons (Fsp3) is 0.529. The number of carboxylic acids is 1. The summed E-state index contributed by atoms with van der Waals surface area (Å²) >= 11 is 0. The molecule has 22 heavy (non-hydrogen) atoms. The third kappa shape index (κ3) is 2.39. The Bertz CT molecular complexity index is 648. The summed E-state index contributed by atoms with van der Waals surface area (Å²) in [6.07, 6.45) is 1.22. The van der Waals surface area contributed by atoms with E-state index in [0.29, 0.717) is 13.0 Å². The van der Waals surface area contributed by atoms with Crippen molar-refractivity contribution in [1.29, 1.82) is 0 Å². The standard InChI is InChI=1S/C17H22N2O3/c1-16(2,3)7-10-4-5-12-11(6-10)17(15(22)19-12)8-13(14(20)21)18-9-17/h4-6,13,18H,7-9H2,1-3H3,(H,19,22)(H,20,21). The van der Waals surface area contributed by atoms with E-state index in [-0.39, 0.29) is 11.3 Å². The largest absolute Gasteiger partial charge is 0.480 e. The Hall–Kier alpha value is -1.88. The summed E-state index contributed by atoms with van der Waals surface area (Å²) in [4.78, 5) is 23.7. The quantitative estimate of drug-likeness (QED) is 0.780. The Kier molecular flexibility index (Phi) is 3.29. The minimum atomic E-state index is -0.899. The summed E-state index contributed by atoms with van der Waals surface area (Å²) in [5.41, 5.74) is 2.35. The fourth-order valence-corrected chi connectivity index (χ4v) is 3.53. The van der Waals surface area contributed by atoms with E-state index in [2.05, 4.69) is 37.5 Å². The molecule has 5 heteroatoms. The van der Waals surface area contributed by atoms with Gasteiger partial charge >= 0.3 is 5.97 Å². The van der Waals surface area contributed by atoms with Crippen molar-refractivity contribution in [2.24, 2.45) is 5.41 Å². The number of rotatable bonds is 2. The van der Waals surface area contributed by atoms with Gasteiger partial charge in [0.05, 0.1) is 5.41 Å². The first-order chi connectivity index (χ1) is 10.2. The molecule has 1 aromatic rings. The zero-order valence-corrected chi connectivity index (χ0v) is 13.2. The molecule has 1 spiro atoms. The Morgan fingerprint density at radius 3 is 2.73 bits per heavy atom. The van der Waals surface area contributed by atoms with Crippen molar-refractivity contribution in [2.45, 2.75) is 45.1 Å². The fourth-order valence-electron chi connectivity index (χ4n) is 3.53. The number of carbonyl (C=O) groups excluding carboxylic acids is 1. The number of anilines is 1. The van der Waals surface area contributed by atoms with Crippen molar-refractivity contribution in [1.82, 2.24) is 5.32 Å². The molecule has 1 aromatic carbocycles. The minimum absolute atomic E-state index is 0.0911. The number of carboxylic acid groups (broad SMARTS) is 1. The third-order valence-electron chi connectivity index (χ3n) is 4.52. The summed E-state index contributed by atoms with van der Waals surface area (Å²) in [5.74, 6) is -0.990. The van der Waals surface area contributed by atoms with E-state index < -0.39 is 17.4 Å². The van der Waals surface area contributed by atoms with Crippen LogP contribution in [0.1, 0.15) is 38.3 Å². The van der Waals surface area contributed by atoms with Crippen LogP contribution in [0.2, 0.25) is 0 Å². The first kappa shape index (κ1) is 15.0. The summed E-state index contributed by atoms with van der Waals surface area (Å²) in [6.45, 7) is 6.91. The second-order valence-corrected chi connectivity index (χ2v) is 7.63. The SMILES string of the molecule is CC(C)(C)Cc1ccc2c(c1)C1(CNC(C(=O)O)C1)C(=O)N2. The van der Waals surface area contributed by atoms with Crippen LogP contribution in [-0.2, 0) is 21.4 Å². The van der Waals surface area contributed by atoms with Gasteiger partial charge in [0.15, 0.2) is 0 Å². The topological polar surface area (TPSA) is 78.4 Å². The molecule has 0 aliphatic carbocycles. The molecule has 2 unspecified atom stereocenters. The van der Waals surface area contributed by atoms with Crippen LogP contribution >= 0.6 is 0 Å². The van der Waals surface area contributed by atoms with E-state index in [4.69, 9.17) is 0 Å². The Labute approximate surface area is 130 Å². The lowest BCUT2D eigenvalue weighted by Crippen LogP contribution is -2.36. The molecule has 118 valence electrons. The molecular weight excluding hydrogens is 280 g/mol. The number of hydrogen-bond donors (Lipinski definition) is 3. The predicted octanol–water partition coefficient (Wildman–Crippen LogP) is 1.91. The zero-order valence-electron chi connectivity index (χ0n) is 13.2. The number of amides is 1. The predicted molar refractivity (Wildman–Crippen MR) is 84.0 cm³/mol. The first-order valence-corrected chi connectivity index (χ1v) is 7.62. The number of aliphatic carboxylic acids is 1. The molecule has 5 nitrogen and oxygen atoms in total. The summed E-state index contributed by atoms with van der Waals surface area (Å²) in [6, 6.07) is 5.39. The number of fused-ring (bicyclic) bond motifs is 2. The van der Waals surface area contributed by atoms with Crippen LogP contribution in [0, 0.1) is 5.41 Å². The van der Waals surface area contributed by atoms with Crippen molar-refractivity contribution in [2.75, 3.05) is 11.9 Å². The Balaban J connectivity index is 1.98. The molecule has 1 amide bonds. The van der Waals surface area contributed by atoms with E-state index in [9.17, 15) is 14.7 Å². The molecule has 1 fully saturated rings. The molecule has 1 saturated heterocycles. The lowest BCUT2D eigenvalue weighted by molar-refractivity contribution is -0.139. The van der Waals surface area contributed by atoms with Crippen LogP contribution < -0.4 is 10.6 Å². The third-order valence-corrected chi connectivity index (χ3v) is 4.52. The first-order valence-electron chi connectivity index (χ1n) is 7.62. The molecule has 0 radical (unpaired) electrons. The van der Waals surface area contributed by atoms with Crippen molar-refractivity contribution < 1.29 is 14.7 Å². The lowest BCUT2D eigenvalue weighted by atomic mass is 9.78. The monoisotopic (exact) mass is 302 g/mol. The Morgan fingerprint density at radius 1 is 1.41 bits per heavy atom.